The molecule has 43 heavy (non-hydrogen) atoms. The fourth-order valence-electron chi connectivity index (χ4n) is 4.94. The van der Waals surface area contributed by atoms with Crippen LogP contribution < -0.4 is 0 Å². The monoisotopic (exact) mass is 638 g/mol. The van der Waals surface area contributed by atoms with Gasteiger partial charge in [-0.3, -0.25) is 9.59 Å². The summed E-state index contributed by atoms with van der Waals surface area (Å²) < 4.78 is 8.88. The van der Waals surface area contributed by atoms with Crippen LogP contribution >= 0.6 is 7.82 Å². The number of rotatable bonds is 30. The summed E-state index contributed by atoms with van der Waals surface area (Å²) in [5.41, 5.74) is 0. The first-order valence-electron chi connectivity index (χ1n) is 17.8. The van der Waals surface area contributed by atoms with Crippen molar-refractivity contribution in [2.45, 2.75) is 206 Å². The van der Waals surface area contributed by atoms with Crippen LogP contribution in [0.3, 0.4) is 0 Å². The molecule has 0 aliphatic heterocycles. The Morgan fingerprint density at radius 1 is 0.372 bits per heavy atom. The fraction of sp³-hybridized carbons (Fsp3) is 0.941. The van der Waals surface area contributed by atoms with Gasteiger partial charge in [0, 0.05) is 12.8 Å². The Labute approximate surface area is 265 Å². The SMILES string of the molecule is CCCCCCCCCCCCCCCC(=O)O.CCCCCCCCCCCCCCCCCC(=O)O.O=P(O)(O)O. The predicted octanol–water partition coefficient (Wildman–Crippen LogP) is 11.0. The highest BCUT2D eigenvalue weighted by molar-refractivity contribution is 7.45. The molecule has 0 saturated carbocycles. The zero-order valence-electron chi connectivity index (χ0n) is 28.1. The Kier molecular flexibility index (Phi) is 42.2. The highest BCUT2D eigenvalue weighted by atomic mass is 31.2. The summed E-state index contributed by atoms with van der Waals surface area (Å²) in [6.07, 6.45) is 37.5. The Balaban J connectivity index is -0.000000645. The number of hydrogen-bond donors (Lipinski definition) is 5. The standard InChI is InChI=1S/C18H36O2.C16H32O2.H3O4P/c1-2-3-4-5-6-7-8-9-10-11-12-13-14-15-16-17-18(19)20;1-2-3-4-5-6-7-8-9-10-11-12-13-14-15-16(17)18;1-5(2,3)4/h2-17H2,1H3,(H,19,20);2-15H2,1H3,(H,17,18);(H3,1,2,3,4). The zero-order valence-corrected chi connectivity index (χ0v) is 29.0. The normalized spacial score (nSPS) is 10.9. The van der Waals surface area contributed by atoms with Gasteiger partial charge >= 0.3 is 19.8 Å². The van der Waals surface area contributed by atoms with E-state index in [1.807, 2.05) is 0 Å². The number of unbranched alkanes of at least 4 members (excludes halogenated alkanes) is 26. The van der Waals surface area contributed by atoms with Gasteiger partial charge < -0.3 is 24.9 Å². The van der Waals surface area contributed by atoms with E-state index in [0.29, 0.717) is 12.8 Å². The smallest absolute Gasteiger partial charge is 0.466 e. The van der Waals surface area contributed by atoms with Crippen LogP contribution in [0.4, 0.5) is 0 Å². The van der Waals surface area contributed by atoms with Crippen LogP contribution in [0.25, 0.3) is 0 Å². The Morgan fingerprint density at radius 3 is 0.651 bits per heavy atom. The van der Waals surface area contributed by atoms with E-state index in [1.54, 1.807) is 0 Å². The second-order valence-corrected chi connectivity index (χ2v) is 13.0. The maximum atomic E-state index is 10.3. The van der Waals surface area contributed by atoms with Gasteiger partial charge in [0.05, 0.1) is 0 Å². The third-order valence-electron chi connectivity index (χ3n) is 7.49. The third kappa shape index (κ3) is 64.9. The van der Waals surface area contributed by atoms with Gasteiger partial charge in [0.2, 0.25) is 0 Å². The number of carboxylic acids is 2. The van der Waals surface area contributed by atoms with Crippen molar-refractivity contribution in [2.75, 3.05) is 0 Å². The van der Waals surface area contributed by atoms with Crippen LogP contribution in [0, 0.1) is 0 Å². The molecule has 0 amide bonds. The quantitative estimate of drug-likeness (QED) is 0.0385. The van der Waals surface area contributed by atoms with Crippen molar-refractivity contribution in [1.82, 2.24) is 0 Å². The van der Waals surface area contributed by atoms with Gasteiger partial charge in [-0.2, -0.15) is 0 Å². The van der Waals surface area contributed by atoms with Crippen LogP contribution in [0.15, 0.2) is 0 Å². The van der Waals surface area contributed by atoms with E-state index in [9.17, 15) is 9.59 Å². The van der Waals surface area contributed by atoms with Gasteiger partial charge in [-0.25, -0.2) is 4.57 Å². The summed E-state index contributed by atoms with van der Waals surface area (Å²) in [5.74, 6) is -1.31. The van der Waals surface area contributed by atoms with Crippen LogP contribution in [0.5, 0.6) is 0 Å². The average molecular weight is 639 g/mol. The summed E-state index contributed by atoms with van der Waals surface area (Å²) >= 11 is 0. The molecule has 0 saturated heterocycles. The van der Waals surface area contributed by atoms with E-state index in [1.165, 1.54) is 154 Å². The summed E-state index contributed by atoms with van der Waals surface area (Å²) in [6, 6.07) is 0. The van der Waals surface area contributed by atoms with Crippen molar-refractivity contribution in [3.63, 3.8) is 0 Å². The van der Waals surface area contributed by atoms with E-state index >= 15 is 0 Å². The molecule has 0 aromatic carbocycles. The number of aliphatic carboxylic acids is 2. The Hall–Kier alpha value is -0.950. The van der Waals surface area contributed by atoms with Crippen molar-refractivity contribution >= 4 is 19.8 Å². The largest absolute Gasteiger partial charge is 0.481 e. The van der Waals surface area contributed by atoms with E-state index in [-0.39, 0.29) is 0 Å². The molecule has 9 heteroatoms. The first-order chi connectivity index (χ1) is 20.5. The lowest BCUT2D eigenvalue weighted by Gasteiger charge is -2.03. The molecule has 0 rings (SSSR count). The van der Waals surface area contributed by atoms with E-state index < -0.39 is 19.8 Å². The zero-order chi connectivity index (χ0) is 32.9. The van der Waals surface area contributed by atoms with Crippen molar-refractivity contribution in [3.05, 3.63) is 0 Å². The lowest BCUT2D eigenvalue weighted by molar-refractivity contribution is -0.138. The molecular formula is C34H71O8P. The predicted molar refractivity (Wildman–Crippen MR) is 179 cm³/mol. The minimum Gasteiger partial charge on any atom is -0.481 e. The highest BCUT2D eigenvalue weighted by Gasteiger charge is 2.00. The van der Waals surface area contributed by atoms with Gasteiger partial charge in [0.1, 0.15) is 0 Å². The molecule has 5 N–H and O–H groups in total. The summed E-state index contributed by atoms with van der Waals surface area (Å²) in [4.78, 5) is 42.2. The van der Waals surface area contributed by atoms with Crippen LogP contribution in [0.2, 0.25) is 0 Å². The van der Waals surface area contributed by atoms with E-state index in [0.717, 1.165) is 25.7 Å². The number of phosphoric acid groups is 1. The molecule has 0 fully saturated rings. The van der Waals surface area contributed by atoms with Crippen molar-refractivity contribution in [2.24, 2.45) is 0 Å². The molecule has 0 radical (unpaired) electrons. The minimum atomic E-state index is -4.64. The lowest BCUT2D eigenvalue weighted by atomic mass is 10.0. The molecule has 0 bridgehead atoms. The van der Waals surface area contributed by atoms with Gasteiger partial charge in [-0.15, -0.1) is 0 Å². The number of hydrogen-bond acceptors (Lipinski definition) is 3. The molecule has 0 aromatic rings. The van der Waals surface area contributed by atoms with E-state index in [2.05, 4.69) is 13.8 Å². The molecule has 0 aromatic heterocycles. The first-order valence-corrected chi connectivity index (χ1v) is 19.3. The van der Waals surface area contributed by atoms with Crippen LogP contribution in [-0.2, 0) is 14.2 Å². The lowest BCUT2D eigenvalue weighted by Crippen LogP contribution is -1.93. The van der Waals surface area contributed by atoms with Gasteiger partial charge in [0.25, 0.3) is 0 Å². The number of carboxylic acid groups (broad SMARTS) is 2. The highest BCUT2D eigenvalue weighted by Crippen LogP contribution is 2.25. The molecule has 0 aliphatic carbocycles. The summed E-state index contributed by atoms with van der Waals surface area (Å²) in [5, 5.41) is 17.0. The Morgan fingerprint density at radius 2 is 0.512 bits per heavy atom. The molecule has 8 nitrogen and oxygen atoms in total. The third-order valence-corrected chi connectivity index (χ3v) is 7.49. The molecule has 0 unspecified atom stereocenters. The molecule has 0 spiro atoms. The molecule has 0 aliphatic rings. The maximum absolute atomic E-state index is 10.3. The fourth-order valence-corrected chi connectivity index (χ4v) is 4.94. The van der Waals surface area contributed by atoms with Gasteiger partial charge in [-0.1, -0.05) is 181 Å². The van der Waals surface area contributed by atoms with Gasteiger partial charge in [-0.05, 0) is 12.8 Å². The summed E-state index contributed by atoms with van der Waals surface area (Å²) in [7, 11) is -4.64. The minimum absolute atomic E-state index is 0.345. The maximum Gasteiger partial charge on any atom is 0.466 e. The van der Waals surface area contributed by atoms with Gasteiger partial charge in [0.15, 0.2) is 0 Å². The second kappa shape index (κ2) is 39.1. The topological polar surface area (TPSA) is 152 Å². The molecule has 0 heterocycles. The second-order valence-electron chi connectivity index (χ2n) is 12.0. The molecular weight excluding hydrogens is 567 g/mol. The summed E-state index contributed by atoms with van der Waals surface area (Å²) in [6.45, 7) is 4.53. The van der Waals surface area contributed by atoms with Crippen LogP contribution in [0.1, 0.15) is 206 Å². The average Bonchev–Trinajstić information content (AvgIpc) is 2.92. The van der Waals surface area contributed by atoms with Crippen molar-refractivity contribution in [3.8, 4) is 0 Å². The van der Waals surface area contributed by atoms with Crippen LogP contribution in [-0.4, -0.2) is 36.8 Å². The number of carbonyl (C=O) groups is 2. The molecule has 260 valence electrons. The Bertz CT molecular complexity index is 601. The van der Waals surface area contributed by atoms with E-state index in [4.69, 9.17) is 29.5 Å². The first kappa shape index (κ1) is 46.5. The van der Waals surface area contributed by atoms with Crippen molar-refractivity contribution < 1.29 is 39.0 Å². The molecule has 0 atom stereocenters. The van der Waals surface area contributed by atoms with Crippen molar-refractivity contribution in [1.29, 1.82) is 0 Å².